The monoisotopic (exact) mass is 442 g/mol. The number of carbonyl (C=O) groups is 1. The number of halogens is 2. The fraction of sp³-hybridized carbons (Fsp3) is 0.333. The topological polar surface area (TPSA) is 42.4 Å². The van der Waals surface area contributed by atoms with Crippen molar-refractivity contribution in [2.24, 2.45) is 0 Å². The highest BCUT2D eigenvalue weighted by atomic mass is 32.1. The standard InChI is InChI=1S/C24H24F2N2O2S/c1-2-16-3-5-17(6-4-16)24-27-19(15-31-24)14-23(29)28-11-9-20(10-12-28)30-22-8-7-18(25)13-21(22)26/h3-8,13,15,20H,2,9-12,14H2,1H3. The van der Waals surface area contributed by atoms with Crippen LogP contribution in [0.1, 0.15) is 31.0 Å². The smallest absolute Gasteiger partial charge is 0.228 e. The highest BCUT2D eigenvalue weighted by molar-refractivity contribution is 7.13. The van der Waals surface area contributed by atoms with E-state index in [2.05, 4.69) is 36.2 Å². The Hall–Kier alpha value is -2.80. The molecule has 31 heavy (non-hydrogen) atoms. The molecule has 0 saturated carbocycles. The van der Waals surface area contributed by atoms with Crippen molar-refractivity contribution in [1.29, 1.82) is 0 Å². The van der Waals surface area contributed by atoms with E-state index in [9.17, 15) is 13.6 Å². The van der Waals surface area contributed by atoms with Gasteiger partial charge in [0.25, 0.3) is 0 Å². The summed E-state index contributed by atoms with van der Waals surface area (Å²) in [4.78, 5) is 19.1. The summed E-state index contributed by atoms with van der Waals surface area (Å²) in [5, 5.41) is 2.85. The minimum atomic E-state index is -0.706. The van der Waals surface area contributed by atoms with Crippen LogP contribution < -0.4 is 4.74 Å². The molecular formula is C24H24F2N2O2S. The molecule has 0 radical (unpaired) electrons. The molecule has 3 aromatic rings. The first-order valence-electron chi connectivity index (χ1n) is 10.4. The highest BCUT2D eigenvalue weighted by Crippen LogP contribution is 2.26. The first-order chi connectivity index (χ1) is 15.0. The van der Waals surface area contributed by atoms with Crippen LogP contribution in [0, 0.1) is 11.6 Å². The van der Waals surface area contributed by atoms with Crippen LogP contribution in [-0.2, 0) is 17.6 Å². The first-order valence-corrected chi connectivity index (χ1v) is 11.3. The maximum Gasteiger partial charge on any atom is 0.228 e. The molecule has 2 heterocycles. The second-order valence-corrected chi connectivity index (χ2v) is 8.50. The SMILES string of the molecule is CCc1ccc(-c2nc(CC(=O)N3CCC(Oc4ccc(F)cc4F)CC3)cs2)cc1. The summed E-state index contributed by atoms with van der Waals surface area (Å²) < 4.78 is 32.5. The highest BCUT2D eigenvalue weighted by Gasteiger charge is 2.25. The fourth-order valence-corrected chi connectivity index (χ4v) is 4.47. The predicted molar refractivity (Wildman–Crippen MR) is 117 cm³/mol. The maximum absolute atomic E-state index is 13.8. The molecule has 0 aliphatic carbocycles. The largest absolute Gasteiger partial charge is 0.487 e. The van der Waals surface area contributed by atoms with Crippen molar-refractivity contribution >= 4 is 17.2 Å². The molecule has 2 aromatic carbocycles. The summed E-state index contributed by atoms with van der Waals surface area (Å²) in [6.07, 6.45) is 2.28. The Morgan fingerprint density at radius 1 is 1.16 bits per heavy atom. The van der Waals surface area contributed by atoms with Gasteiger partial charge in [0.2, 0.25) is 5.91 Å². The molecule has 1 fully saturated rings. The van der Waals surface area contributed by atoms with Crippen LogP contribution in [0.2, 0.25) is 0 Å². The van der Waals surface area contributed by atoms with Crippen molar-refractivity contribution in [3.63, 3.8) is 0 Å². The Morgan fingerprint density at radius 2 is 1.90 bits per heavy atom. The van der Waals surface area contributed by atoms with Crippen LogP contribution in [-0.4, -0.2) is 35.0 Å². The van der Waals surface area contributed by atoms with Gasteiger partial charge in [-0.05, 0) is 24.1 Å². The molecule has 162 valence electrons. The number of hydrogen-bond donors (Lipinski definition) is 0. The molecule has 1 aromatic heterocycles. The second kappa shape index (κ2) is 9.56. The average Bonchev–Trinajstić information content (AvgIpc) is 3.24. The molecule has 1 aliphatic rings. The maximum atomic E-state index is 13.8. The van der Waals surface area contributed by atoms with Crippen LogP contribution in [0.25, 0.3) is 10.6 Å². The molecule has 4 nitrogen and oxygen atoms in total. The lowest BCUT2D eigenvalue weighted by Crippen LogP contribution is -2.42. The van der Waals surface area contributed by atoms with Gasteiger partial charge in [0, 0.05) is 42.9 Å². The number of aryl methyl sites for hydroxylation is 1. The predicted octanol–water partition coefficient (Wildman–Crippen LogP) is 5.26. The number of hydrogen-bond acceptors (Lipinski definition) is 4. The van der Waals surface area contributed by atoms with Crippen molar-refractivity contribution in [1.82, 2.24) is 9.88 Å². The molecule has 1 amide bonds. The van der Waals surface area contributed by atoms with Gasteiger partial charge < -0.3 is 9.64 Å². The molecule has 1 aliphatic heterocycles. The normalized spacial score (nSPS) is 14.6. The van der Waals surface area contributed by atoms with Crippen LogP contribution in [0.5, 0.6) is 5.75 Å². The molecule has 1 saturated heterocycles. The van der Waals surface area contributed by atoms with E-state index in [0.717, 1.165) is 28.8 Å². The number of thiazole rings is 1. The third kappa shape index (κ3) is 5.28. The van der Waals surface area contributed by atoms with Crippen LogP contribution in [0.15, 0.2) is 47.8 Å². The Kier molecular flexibility index (Phi) is 6.61. The fourth-order valence-electron chi connectivity index (χ4n) is 3.64. The summed E-state index contributed by atoms with van der Waals surface area (Å²) in [7, 11) is 0. The quantitative estimate of drug-likeness (QED) is 0.523. The van der Waals surface area contributed by atoms with Crippen LogP contribution >= 0.6 is 11.3 Å². The molecule has 0 spiro atoms. The van der Waals surface area contributed by atoms with Gasteiger partial charge in [0.15, 0.2) is 11.6 Å². The lowest BCUT2D eigenvalue weighted by molar-refractivity contribution is -0.132. The summed E-state index contributed by atoms with van der Waals surface area (Å²) in [6, 6.07) is 11.6. The van der Waals surface area contributed by atoms with Gasteiger partial charge >= 0.3 is 0 Å². The van der Waals surface area contributed by atoms with Crippen molar-refractivity contribution < 1.29 is 18.3 Å². The number of rotatable bonds is 6. The number of piperidine rings is 1. The number of amides is 1. The average molecular weight is 443 g/mol. The van der Waals surface area contributed by atoms with Gasteiger partial charge in [-0.1, -0.05) is 31.2 Å². The number of aromatic nitrogens is 1. The second-order valence-electron chi connectivity index (χ2n) is 7.64. The van der Waals surface area contributed by atoms with Gasteiger partial charge in [-0.3, -0.25) is 4.79 Å². The zero-order chi connectivity index (χ0) is 21.8. The molecule has 7 heteroatoms. The number of nitrogens with zero attached hydrogens (tertiary/aromatic N) is 2. The minimum Gasteiger partial charge on any atom is -0.487 e. The van der Waals surface area contributed by atoms with E-state index in [1.165, 1.54) is 17.7 Å². The van der Waals surface area contributed by atoms with Crippen molar-refractivity contribution in [2.45, 2.75) is 38.7 Å². The van der Waals surface area contributed by atoms with E-state index in [1.807, 2.05) is 5.38 Å². The Bertz CT molecular complexity index is 1040. The van der Waals surface area contributed by atoms with E-state index in [0.29, 0.717) is 25.9 Å². The lowest BCUT2D eigenvalue weighted by Gasteiger charge is -2.32. The summed E-state index contributed by atoms with van der Waals surface area (Å²) in [5.41, 5.74) is 3.12. The third-order valence-electron chi connectivity index (χ3n) is 5.48. The molecule has 0 bridgehead atoms. The van der Waals surface area contributed by atoms with Gasteiger partial charge in [-0.15, -0.1) is 11.3 Å². The summed E-state index contributed by atoms with van der Waals surface area (Å²) in [5.74, 6) is -1.26. The van der Waals surface area contributed by atoms with E-state index >= 15 is 0 Å². The van der Waals surface area contributed by atoms with Crippen LogP contribution in [0.4, 0.5) is 8.78 Å². The Labute approximate surface area is 184 Å². The Balaban J connectivity index is 1.29. The molecule has 0 N–H and O–H groups in total. The summed E-state index contributed by atoms with van der Waals surface area (Å²) in [6.45, 7) is 3.21. The molecule has 0 atom stereocenters. The van der Waals surface area contributed by atoms with Gasteiger partial charge in [0.1, 0.15) is 16.9 Å². The number of carbonyl (C=O) groups excluding carboxylic acids is 1. The zero-order valence-electron chi connectivity index (χ0n) is 17.3. The summed E-state index contributed by atoms with van der Waals surface area (Å²) >= 11 is 1.54. The molecule has 0 unspecified atom stereocenters. The van der Waals surface area contributed by atoms with E-state index in [4.69, 9.17) is 4.74 Å². The van der Waals surface area contributed by atoms with E-state index < -0.39 is 11.6 Å². The van der Waals surface area contributed by atoms with Crippen LogP contribution in [0.3, 0.4) is 0 Å². The minimum absolute atomic E-state index is 0.0320. The molecule has 4 rings (SSSR count). The lowest BCUT2D eigenvalue weighted by atomic mass is 10.1. The molecular weight excluding hydrogens is 418 g/mol. The van der Waals surface area contributed by atoms with E-state index in [1.54, 1.807) is 16.2 Å². The third-order valence-corrected chi connectivity index (χ3v) is 6.42. The van der Waals surface area contributed by atoms with Crippen molar-refractivity contribution in [2.75, 3.05) is 13.1 Å². The van der Waals surface area contributed by atoms with Gasteiger partial charge in [-0.2, -0.15) is 0 Å². The zero-order valence-corrected chi connectivity index (χ0v) is 18.1. The van der Waals surface area contributed by atoms with E-state index in [-0.39, 0.29) is 24.2 Å². The number of benzene rings is 2. The number of ether oxygens (including phenoxy) is 1. The Morgan fingerprint density at radius 3 is 2.58 bits per heavy atom. The first kappa shape index (κ1) is 21.4. The van der Waals surface area contributed by atoms with Crippen molar-refractivity contribution in [3.05, 3.63) is 70.7 Å². The van der Waals surface area contributed by atoms with Gasteiger partial charge in [0.05, 0.1) is 12.1 Å². The van der Waals surface area contributed by atoms with Gasteiger partial charge in [-0.25, -0.2) is 13.8 Å². The van der Waals surface area contributed by atoms with Crippen molar-refractivity contribution in [3.8, 4) is 16.3 Å². The number of likely N-dealkylation sites (tertiary alicyclic amines) is 1.